The molecule has 1 aromatic rings. The number of hydrogen-bond donors (Lipinski definition) is 1. The summed E-state index contributed by atoms with van der Waals surface area (Å²) in [5.74, 6) is 0. The number of piperidine rings is 1. The molecule has 1 aromatic heterocycles. The summed E-state index contributed by atoms with van der Waals surface area (Å²) in [7, 11) is 0. The van der Waals surface area contributed by atoms with Gasteiger partial charge in [-0.1, -0.05) is 0 Å². The Hall–Kier alpha value is -1.16. The van der Waals surface area contributed by atoms with Gasteiger partial charge in [0.1, 0.15) is 11.8 Å². The third-order valence-corrected chi connectivity index (χ3v) is 2.65. The molecule has 70 valence electrons. The number of nitrogens with zero attached hydrogens (tertiary/aromatic N) is 2. The van der Waals surface area contributed by atoms with E-state index in [1.165, 1.54) is 0 Å². The molecule has 0 spiro atoms. The number of carbonyl (C=O) groups is 1. The maximum Gasteiger partial charge on any atom is 0.147 e. The Morgan fingerprint density at radius 1 is 1.46 bits per heavy atom. The van der Waals surface area contributed by atoms with Gasteiger partial charge in [-0.2, -0.15) is 5.10 Å². The second-order valence-electron chi connectivity index (χ2n) is 3.42. The predicted molar refractivity (Wildman–Crippen MR) is 48.4 cm³/mol. The SMILES string of the molecule is O=CC1(n2cccn2)CCNCC1. The van der Waals surface area contributed by atoms with E-state index in [1.54, 1.807) is 10.9 Å². The molecular weight excluding hydrogens is 166 g/mol. The van der Waals surface area contributed by atoms with Crippen molar-refractivity contribution < 1.29 is 4.79 Å². The van der Waals surface area contributed by atoms with Crippen molar-refractivity contribution in [3.8, 4) is 0 Å². The van der Waals surface area contributed by atoms with E-state index in [-0.39, 0.29) is 0 Å². The van der Waals surface area contributed by atoms with Crippen LogP contribution in [0, 0.1) is 0 Å². The van der Waals surface area contributed by atoms with E-state index in [9.17, 15) is 4.79 Å². The summed E-state index contributed by atoms with van der Waals surface area (Å²) >= 11 is 0. The molecule has 4 nitrogen and oxygen atoms in total. The third kappa shape index (κ3) is 1.37. The molecule has 2 heterocycles. The number of rotatable bonds is 2. The molecule has 0 unspecified atom stereocenters. The molecule has 1 aliphatic heterocycles. The van der Waals surface area contributed by atoms with Crippen LogP contribution in [0.1, 0.15) is 12.8 Å². The molecule has 1 fully saturated rings. The van der Waals surface area contributed by atoms with Crippen LogP contribution in [0.15, 0.2) is 18.5 Å². The van der Waals surface area contributed by atoms with Crippen molar-refractivity contribution in [3.05, 3.63) is 18.5 Å². The van der Waals surface area contributed by atoms with Gasteiger partial charge in [-0.3, -0.25) is 4.68 Å². The van der Waals surface area contributed by atoms with Crippen LogP contribution in [-0.2, 0) is 10.3 Å². The molecule has 0 aromatic carbocycles. The molecule has 0 amide bonds. The van der Waals surface area contributed by atoms with Crippen molar-refractivity contribution in [2.45, 2.75) is 18.4 Å². The minimum atomic E-state index is -0.394. The van der Waals surface area contributed by atoms with Gasteiger partial charge in [-0.15, -0.1) is 0 Å². The average Bonchev–Trinajstić information content (AvgIpc) is 2.72. The smallest absolute Gasteiger partial charge is 0.147 e. The van der Waals surface area contributed by atoms with Crippen molar-refractivity contribution in [2.24, 2.45) is 0 Å². The first kappa shape index (κ1) is 8.44. The van der Waals surface area contributed by atoms with Crippen LogP contribution in [0.3, 0.4) is 0 Å². The lowest BCUT2D eigenvalue weighted by atomic mass is 9.90. The predicted octanol–water partition coefficient (Wildman–Crippen LogP) is 0.161. The lowest BCUT2D eigenvalue weighted by molar-refractivity contribution is -0.117. The Labute approximate surface area is 76.9 Å². The Balaban J connectivity index is 2.28. The van der Waals surface area contributed by atoms with Crippen LogP contribution < -0.4 is 5.32 Å². The van der Waals surface area contributed by atoms with Gasteiger partial charge in [0.15, 0.2) is 0 Å². The first-order valence-corrected chi connectivity index (χ1v) is 4.55. The Kier molecular flexibility index (Phi) is 2.14. The van der Waals surface area contributed by atoms with Crippen LogP contribution >= 0.6 is 0 Å². The van der Waals surface area contributed by atoms with Gasteiger partial charge >= 0.3 is 0 Å². The molecule has 0 atom stereocenters. The highest BCUT2D eigenvalue weighted by atomic mass is 16.1. The topological polar surface area (TPSA) is 46.9 Å². The Morgan fingerprint density at radius 3 is 2.77 bits per heavy atom. The Morgan fingerprint density at radius 2 is 2.23 bits per heavy atom. The summed E-state index contributed by atoms with van der Waals surface area (Å²) in [5, 5.41) is 7.38. The maximum atomic E-state index is 11.1. The van der Waals surface area contributed by atoms with Crippen molar-refractivity contribution in [1.29, 1.82) is 0 Å². The number of carbonyl (C=O) groups excluding carboxylic acids is 1. The molecule has 4 heteroatoms. The summed E-state index contributed by atoms with van der Waals surface area (Å²) in [5.41, 5.74) is -0.394. The van der Waals surface area contributed by atoms with Crippen molar-refractivity contribution in [2.75, 3.05) is 13.1 Å². The van der Waals surface area contributed by atoms with Crippen LogP contribution in [0.2, 0.25) is 0 Å². The lowest BCUT2D eigenvalue weighted by Gasteiger charge is -2.32. The normalized spacial score (nSPS) is 21.2. The summed E-state index contributed by atoms with van der Waals surface area (Å²) in [6.45, 7) is 1.78. The fourth-order valence-corrected chi connectivity index (χ4v) is 1.79. The highest BCUT2D eigenvalue weighted by Gasteiger charge is 2.33. The van der Waals surface area contributed by atoms with Gasteiger partial charge in [0.05, 0.1) is 0 Å². The molecule has 1 aliphatic rings. The molecule has 0 radical (unpaired) electrons. The summed E-state index contributed by atoms with van der Waals surface area (Å²) in [6.07, 6.45) is 6.27. The molecule has 1 N–H and O–H groups in total. The van der Waals surface area contributed by atoms with Crippen LogP contribution in [0.5, 0.6) is 0 Å². The van der Waals surface area contributed by atoms with E-state index in [4.69, 9.17) is 0 Å². The van der Waals surface area contributed by atoms with Gasteiger partial charge in [0, 0.05) is 12.4 Å². The fraction of sp³-hybridized carbons (Fsp3) is 0.556. The number of aromatic nitrogens is 2. The summed E-state index contributed by atoms with van der Waals surface area (Å²) in [6, 6.07) is 1.85. The standard InChI is InChI=1S/C9H13N3O/c13-8-9(2-5-10-6-3-9)12-7-1-4-11-12/h1,4,7-8,10H,2-3,5-6H2. The van der Waals surface area contributed by atoms with E-state index in [2.05, 4.69) is 10.4 Å². The second kappa shape index (κ2) is 3.30. The van der Waals surface area contributed by atoms with Gasteiger partial charge < -0.3 is 10.1 Å². The third-order valence-electron chi connectivity index (χ3n) is 2.65. The van der Waals surface area contributed by atoms with Crippen molar-refractivity contribution in [1.82, 2.24) is 15.1 Å². The van der Waals surface area contributed by atoms with Crippen molar-refractivity contribution in [3.63, 3.8) is 0 Å². The average molecular weight is 179 g/mol. The minimum Gasteiger partial charge on any atom is -0.317 e. The minimum absolute atomic E-state index is 0.394. The summed E-state index contributed by atoms with van der Waals surface area (Å²) < 4.78 is 1.78. The quantitative estimate of drug-likeness (QED) is 0.658. The molecular formula is C9H13N3O. The number of nitrogens with one attached hydrogen (secondary N) is 1. The maximum absolute atomic E-state index is 11.1. The van der Waals surface area contributed by atoms with Crippen LogP contribution in [-0.4, -0.2) is 29.2 Å². The molecule has 0 saturated carbocycles. The fourth-order valence-electron chi connectivity index (χ4n) is 1.79. The van der Waals surface area contributed by atoms with Gasteiger partial charge in [-0.05, 0) is 32.0 Å². The second-order valence-corrected chi connectivity index (χ2v) is 3.42. The zero-order valence-corrected chi connectivity index (χ0v) is 7.44. The summed E-state index contributed by atoms with van der Waals surface area (Å²) in [4.78, 5) is 11.1. The molecule has 2 rings (SSSR count). The highest BCUT2D eigenvalue weighted by molar-refractivity contribution is 5.62. The molecule has 1 saturated heterocycles. The molecule has 0 aliphatic carbocycles. The zero-order valence-electron chi connectivity index (χ0n) is 7.44. The van der Waals surface area contributed by atoms with Gasteiger partial charge in [0.25, 0.3) is 0 Å². The largest absolute Gasteiger partial charge is 0.317 e. The monoisotopic (exact) mass is 179 g/mol. The van der Waals surface area contributed by atoms with E-state index in [0.29, 0.717) is 0 Å². The zero-order chi connectivity index (χ0) is 9.15. The first-order chi connectivity index (χ1) is 6.37. The highest BCUT2D eigenvalue weighted by Crippen LogP contribution is 2.23. The van der Waals surface area contributed by atoms with E-state index in [1.807, 2.05) is 12.3 Å². The van der Waals surface area contributed by atoms with E-state index in [0.717, 1.165) is 32.2 Å². The van der Waals surface area contributed by atoms with Crippen LogP contribution in [0.25, 0.3) is 0 Å². The Bertz CT molecular complexity index is 275. The number of aldehydes is 1. The van der Waals surface area contributed by atoms with E-state index < -0.39 is 5.54 Å². The van der Waals surface area contributed by atoms with Gasteiger partial charge in [0.2, 0.25) is 0 Å². The molecule has 13 heavy (non-hydrogen) atoms. The molecule has 0 bridgehead atoms. The number of hydrogen-bond acceptors (Lipinski definition) is 3. The van der Waals surface area contributed by atoms with Gasteiger partial charge in [-0.25, -0.2) is 0 Å². The first-order valence-electron chi connectivity index (χ1n) is 4.55. The van der Waals surface area contributed by atoms with E-state index >= 15 is 0 Å². The van der Waals surface area contributed by atoms with Crippen LogP contribution in [0.4, 0.5) is 0 Å². The lowest BCUT2D eigenvalue weighted by Crippen LogP contribution is -2.45. The van der Waals surface area contributed by atoms with Crippen molar-refractivity contribution >= 4 is 6.29 Å².